The maximum atomic E-state index is 10.8. The summed E-state index contributed by atoms with van der Waals surface area (Å²) in [6.07, 6.45) is 3.84. The Morgan fingerprint density at radius 1 is 1.75 bits per heavy atom. The molecule has 0 amide bonds. The van der Waals surface area contributed by atoms with Crippen molar-refractivity contribution >= 4 is 23.0 Å². The van der Waals surface area contributed by atoms with E-state index in [2.05, 4.69) is 11.9 Å². The number of carboxylic acid groups (broad SMARTS) is 1. The van der Waals surface area contributed by atoms with Crippen molar-refractivity contribution in [2.24, 2.45) is 0 Å². The summed E-state index contributed by atoms with van der Waals surface area (Å²) in [6, 6.07) is 0. The lowest BCUT2D eigenvalue weighted by molar-refractivity contribution is -0.144. The molecule has 3 nitrogen and oxygen atoms in total. The highest BCUT2D eigenvalue weighted by atomic mass is 79.9. The number of carbonyl (C=O) groups is 1. The third-order valence-corrected chi connectivity index (χ3v) is 2.15. The van der Waals surface area contributed by atoms with Gasteiger partial charge in [-0.05, 0) is 25.8 Å². The summed E-state index contributed by atoms with van der Waals surface area (Å²) in [5.74, 6) is -0.755. The number of aliphatic carboxylic acids is 1. The van der Waals surface area contributed by atoms with Crippen molar-refractivity contribution in [3.05, 3.63) is 12.7 Å². The van der Waals surface area contributed by atoms with Crippen molar-refractivity contribution in [1.82, 2.24) is 5.32 Å². The van der Waals surface area contributed by atoms with Crippen LogP contribution in [0.5, 0.6) is 0 Å². The summed E-state index contributed by atoms with van der Waals surface area (Å²) in [4.78, 5) is 10.8. The summed E-state index contributed by atoms with van der Waals surface area (Å²) >= 11 is 0. The van der Waals surface area contributed by atoms with Gasteiger partial charge in [0.15, 0.2) is 0 Å². The van der Waals surface area contributed by atoms with Crippen LogP contribution in [0.25, 0.3) is 0 Å². The smallest absolute Gasteiger partial charge is 0.324 e. The first-order chi connectivity index (χ1) is 5.21. The largest absolute Gasteiger partial charge is 0.480 e. The number of nitrogens with one attached hydrogen (secondary N) is 1. The van der Waals surface area contributed by atoms with Crippen molar-refractivity contribution < 1.29 is 9.90 Å². The van der Waals surface area contributed by atoms with Crippen LogP contribution in [0.3, 0.4) is 0 Å². The van der Waals surface area contributed by atoms with Crippen molar-refractivity contribution in [1.29, 1.82) is 0 Å². The van der Waals surface area contributed by atoms with Gasteiger partial charge in [-0.2, -0.15) is 0 Å². The topological polar surface area (TPSA) is 49.3 Å². The average Bonchev–Trinajstić information content (AvgIpc) is 2.38. The number of hydrogen-bond acceptors (Lipinski definition) is 2. The Morgan fingerprint density at radius 3 is 2.75 bits per heavy atom. The van der Waals surface area contributed by atoms with E-state index < -0.39 is 11.5 Å². The van der Waals surface area contributed by atoms with Gasteiger partial charge in [-0.25, -0.2) is 0 Å². The first-order valence-electron chi connectivity index (χ1n) is 3.80. The molecule has 0 aromatic rings. The molecule has 0 bridgehead atoms. The SMILES string of the molecule is Br.C=CC[C@@]1(C(=O)O)CCCN1. The molecule has 12 heavy (non-hydrogen) atoms. The third-order valence-electron chi connectivity index (χ3n) is 2.15. The minimum Gasteiger partial charge on any atom is -0.480 e. The van der Waals surface area contributed by atoms with Crippen LogP contribution in [-0.2, 0) is 4.79 Å². The van der Waals surface area contributed by atoms with Crippen LogP contribution in [0.4, 0.5) is 0 Å². The van der Waals surface area contributed by atoms with Crippen LogP contribution < -0.4 is 5.32 Å². The van der Waals surface area contributed by atoms with E-state index in [1.807, 2.05) is 0 Å². The molecule has 0 spiro atoms. The van der Waals surface area contributed by atoms with Gasteiger partial charge in [0, 0.05) is 0 Å². The van der Waals surface area contributed by atoms with Gasteiger partial charge in [-0.1, -0.05) is 6.08 Å². The normalized spacial score (nSPS) is 27.7. The number of rotatable bonds is 3. The van der Waals surface area contributed by atoms with Crippen LogP contribution in [0.15, 0.2) is 12.7 Å². The predicted molar refractivity (Wildman–Crippen MR) is 52.7 cm³/mol. The Morgan fingerprint density at radius 2 is 2.42 bits per heavy atom. The monoisotopic (exact) mass is 235 g/mol. The fourth-order valence-electron chi connectivity index (χ4n) is 1.50. The molecule has 0 aromatic carbocycles. The van der Waals surface area contributed by atoms with Gasteiger partial charge in [-0.3, -0.25) is 4.79 Å². The second-order valence-electron chi connectivity index (χ2n) is 2.91. The standard InChI is InChI=1S/C8H13NO2.BrH/c1-2-4-8(7(10)11)5-3-6-9-8;/h2,9H,1,3-6H2,(H,10,11);1H/t8-;/m0./s1. The van der Waals surface area contributed by atoms with Crippen LogP contribution in [-0.4, -0.2) is 23.2 Å². The Bertz CT molecular complexity index is 176. The molecule has 1 aliphatic heterocycles. The van der Waals surface area contributed by atoms with E-state index in [9.17, 15) is 4.79 Å². The fourth-order valence-corrected chi connectivity index (χ4v) is 1.50. The maximum Gasteiger partial charge on any atom is 0.324 e. The Hall–Kier alpha value is -0.350. The molecule has 70 valence electrons. The molecule has 0 radical (unpaired) electrons. The minimum atomic E-state index is -0.755. The Kier molecular flexibility index (Phi) is 4.49. The molecule has 1 atom stereocenters. The van der Waals surface area contributed by atoms with E-state index in [1.54, 1.807) is 6.08 Å². The van der Waals surface area contributed by atoms with Crippen molar-refractivity contribution in [3.8, 4) is 0 Å². The number of hydrogen-bond donors (Lipinski definition) is 2. The first-order valence-corrected chi connectivity index (χ1v) is 3.80. The highest BCUT2D eigenvalue weighted by Crippen LogP contribution is 2.23. The lowest BCUT2D eigenvalue weighted by Crippen LogP contribution is -2.46. The molecule has 1 rings (SSSR count). The van der Waals surface area contributed by atoms with Crippen LogP contribution in [0.1, 0.15) is 19.3 Å². The Balaban J connectivity index is 0.00000121. The van der Waals surface area contributed by atoms with Crippen LogP contribution in [0.2, 0.25) is 0 Å². The molecule has 0 aliphatic carbocycles. The summed E-state index contributed by atoms with van der Waals surface area (Å²) in [5, 5.41) is 11.9. The second kappa shape index (κ2) is 4.62. The molecule has 1 aliphatic rings. The van der Waals surface area contributed by atoms with Gasteiger partial charge < -0.3 is 10.4 Å². The highest BCUT2D eigenvalue weighted by Gasteiger charge is 2.39. The van der Waals surface area contributed by atoms with E-state index in [4.69, 9.17) is 5.11 Å². The van der Waals surface area contributed by atoms with Crippen molar-refractivity contribution in [2.45, 2.75) is 24.8 Å². The molecule has 0 saturated carbocycles. The van der Waals surface area contributed by atoms with Gasteiger partial charge in [-0.15, -0.1) is 23.6 Å². The van der Waals surface area contributed by atoms with Gasteiger partial charge in [0.25, 0.3) is 0 Å². The zero-order valence-electron chi connectivity index (χ0n) is 6.88. The predicted octanol–water partition coefficient (Wildman–Crippen LogP) is 1.35. The summed E-state index contributed by atoms with van der Waals surface area (Å²) in [5.41, 5.74) is -0.707. The Labute approximate surface area is 82.6 Å². The molecule has 1 heterocycles. The molecular weight excluding hydrogens is 222 g/mol. The second-order valence-corrected chi connectivity index (χ2v) is 2.91. The van der Waals surface area contributed by atoms with Gasteiger partial charge in [0.05, 0.1) is 0 Å². The highest BCUT2D eigenvalue weighted by molar-refractivity contribution is 8.93. The fraction of sp³-hybridized carbons (Fsp3) is 0.625. The lowest BCUT2D eigenvalue weighted by atomic mass is 9.94. The van der Waals surface area contributed by atoms with Crippen molar-refractivity contribution in [2.75, 3.05) is 6.54 Å². The summed E-state index contributed by atoms with van der Waals surface area (Å²) in [6.45, 7) is 4.35. The van der Waals surface area contributed by atoms with E-state index in [1.165, 1.54) is 0 Å². The maximum absolute atomic E-state index is 10.8. The van der Waals surface area contributed by atoms with E-state index in [0.717, 1.165) is 13.0 Å². The van der Waals surface area contributed by atoms with Crippen LogP contribution in [0, 0.1) is 0 Å². The van der Waals surface area contributed by atoms with E-state index in [0.29, 0.717) is 12.8 Å². The molecule has 4 heteroatoms. The molecule has 0 unspecified atom stereocenters. The third kappa shape index (κ3) is 2.08. The molecule has 0 aromatic heterocycles. The van der Waals surface area contributed by atoms with E-state index in [-0.39, 0.29) is 17.0 Å². The molecule has 1 fully saturated rings. The van der Waals surface area contributed by atoms with Gasteiger partial charge in [0.2, 0.25) is 0 Å². The quantitative estimate of drug-likeness (QED) is 0.727. The zero-order valence-corrected chi connectivity index (χ0v) is 8.59. The molecule has 2 N–H and O–H groups in total. The summed E-state index contributed by atoms with van der Waals surface area (Å²) < 4.78 is 0. The number of halogens is 1. The minimum absolute atomic E-state index is 0. The number of carboxylic acids is 1. The first kappa shape index (κ1) is 11.6. The average molecular weight is 236 g/mol. The van der Waals surface area contributed by atoms with Gasteiger partial charge in [0.1, 0.15) is 5.54 Å². The zero-order chi connectivity index (χ0) is 8.32. The molecular formula is C8H14BrNO2. The van der Waals surface area contributed by atoms with Gasteiger partial charge >= 0.3 is 5.97 Å². The summed E-state index contributed by atoms with van der Waals surface area (Å²) in [7, 11) is 0. The van der Waals surface area contributed by atoms with Crippen molar-refractivity contribution in [3.63, 3.8) is 0 Å². The van der Waals surface area contributed by atoms with Crippen LogP contribution >= 0.6 is 17.0 Å². The molecule has 1 saturated heterocycles. The lowest BCUT2D eigenvalue weighted by Gasteiger charge is -2.22. The van der Waals surface area contributed by atoms with E-state index >= 15 is 0 Å².